The van der Waals surface area contributed by atoms with Crippen LogP contribution < -0.4 is 10.5 Å². The lowest BCUT2D eigenvalue weighted by molar-refractivity contribution is -0.142. The summed E-state index contributed by atoms with van der Waals surface area (Å²) in [7, 11) is 0. The fourth-order valence-electron chi connectivity index (χ4n) is 3.78. The molecule has 1 aliphatic heterocycles. The molecule has 1 fully saturated rings. The molecule has 2 heterocycles. The molecule has 4 rings (SSSR count). The van der Waals surface area contributed by atoms with Crippen LogP contribution in [0.15, 0.2) is 42.5 Å². The molecule has 1 aromatic heterocycles. The van der Waals surface area contributed by atoms with Crippen LogP contribution in [0, 0.1) is 12.7 Å². The molecule has 31 heavy (non-hydrogen) atoms. The van der Waals surface area contributed by atoms with Gasteiger partial charge < -0.3 is 25.1 Å². The Balaban J connectivity index is 1.53. The summed E-state index contributed by atoms with van der Waals surface area (Å²) >= 11 is 0. The lowest BCUT2D eigenvalue weighted by Crippen LogP contribution is -2.58. The summed E-state index contributed by atoms with van der Waals surface area (Å²) in [6, 6.07) is 10.8. The molecule has 9 heteroatoms. The number of amides is 2. The number of halogens is 1. The van der Waals surface area contributed by atoms with E-state index in [1.54, 1.807) is 23.1 Å². The summed E-state index contributed by atoms with van der Waals surface area (Å²) in [5.41, 5.74) is 6.43. The average molecular weight is 426 g/mol. The number of hydrogen-bond acceptors (Lipinski definition) is 5. The van der Waals surface area contributed by atoms with Crippen LogP contribution in [-0.4, -0.2) is 58.6 Å². The van der Waals surface area contributed by atoms with Gasteiger partial charge in [0, 0.05) is 12.1 Å². The number of aromatic amines is 1. The van der Waals surface area contributed by atoms with E-state index in [2.05, 4.69) is 9.97 Å². The van der Waals surface area contributed by atoms with Gasteiger partial charge in [-0.25, -0.2) is 9.37 Å². The second kappa shape index (κ2) is 8.35. The molecule has 0 spiro atoms. The fraction of sp³-hybridized carbons (Fsp3) is 0.318. The van der Waals surface area contributed by atoms with E-state index in [4.69, 9.17) is 15.2 Å². The number of benzene rings is 2. The van der Waals surface area contributed by atoms with Gasteiger partial charge in [0.2, 0.25) is 5.91 Å². The second-order valence-electron chi connectivity index (χ2n) is 7.70. The Bertz CT molecular complexity index is 1110. The highest BCUT2D eigenvalue weighted by atomic mass is 19.1. The van der Waals surface area contributed by atoms with Crippen molar-refractivity contribution in [3.05, 3.63) is 59.7 Å². The number of nitrogens with two attached hydrogens (primary N) is 1. The molecule has 1 unspecified atom stereocenters. The number of primary amides is 1. The number of H-pyrrole nitrogens is 1. The maximum atomic E-state index is 13.2. The molecule has 0 saturated carbocycles. The van der Waals surface area contributed by atoms with Crippen molar-refractivity contribution in [1.29, 1.82) is 0 Å². The Kier molecular flexibility index (Phi) is 5.60. The Labute approximate surface area is 178 Å². The van der Waals surface area contributed by atoms with Gasteiger partial charge in [-0.05, 0) is 49.4 Å². The zero-order valence-electron chi connectivity index (χ0n) is 17.1. The topological polar surface area (TPSA) is 111 Å². The van der Waals surface area contributed by atoms with Crippen molar-refractivity contribution in [2.24, 2.45) is 5.73 Å². The molecule has 0 aliphatic carbocycles. The lowest BCUT2D eigenvalue weighted by Gasteiger charge is -2.42. The van der Waals surface area contributed by atoms with E-state index in [0.29, 0.717) is 17.9 Å². The first kappa shape index (κ1) is 20.8. The fourth-order valence-corrected chi connectivity index (χ4v) is 3.78. The predicted octanol–water partition coefficient (Wildman–Crippen LogP) is 2.18. The smallest absolute Gasteiger partial charge is 0.254 e. The van der Waals surface area contributed by atoms with Crippen molar-refractivity contribution in [2.45, 2.75) is 18.9 Å². The second-order valence-corrected chi connectivity index (χ2v) is 7.70. The van der Waals surface area contributed by atoms with Gasteiger partial charge in [-0.15, -0.1) is 0 Å². The molecule has 3 N–H and O–H groups in total. The number of aromatic nitrogens is 2. The quantitative estimate of drug-likeness (QED) is 0.628. The van der Waals surface area contributed by atoms with Gasteiger partial charge in [0.15, 0.2) is 0 Å². The molecule has 2 aromatic carbocycles. The number of hydrogen-bond donors (Lipinski definition) is 2. The molecule has 1 atom stereocenters. The van der Waals surface area contributed by atoms with E-state index in [0.717, 1.165) is 16.9 Å². The van der Waals surface area contributed by atoms with E-state index in [1.165, 1.54) is 24.3 Å². The highest BCUT2D eigenvalue weighted by Gasteiger charge is 2.41. The number of morpholine rings is 1. The Morgan fingerprint density at radius 3 is 2.81 bits per heavy atom. The summed E-state index contributed by atoms with van der Waals surface area (Å²) in [6.45, 7) is 2.58. The Hall–Kier alpha value is -3.46. The zero-order valence-corrected chi connectivity index (χ0v) is 17.1. The molecule has 162 valence electrons. The normalized spacial score (nSPS) is 18.8. The number of aryl methyl sites for hydroxylation is 1. The number of imidazole rings is 1. The van der Waals surface area contributed by atoms with Gasteiger partial charge in [0.1, 0.15) is 29.6 Å². The SMILES string of the molecule is Cc1nc2ccc(C(=O)N3CCOC(COc4ccc(F)cc4)(CC(N)=O)C3)cc2[nH]1. The first-order chi connectivity index (χ1) is 14.8. The van der Waals surface area contributed by atoms with E-state index < -0.39 is 11.5 Å². The van der Waals surface area contributed by atoms with E-state index >= 15 is 0 Å². The highest BCUT2D eigenvalue weighted by molar-refractivity contribution is 5.97. The van der Waals surface area contributed by atoms with Crippen LogP contribution in [0.25, 0.3) is 11.0 Å². The summed E-state index contributed by atoms with van der Waals surface area (Å²) in [5, 5.41) is 0. The van der Waals surface area contributed by atoms with Crippen molar-refractivity contribution in [2.75, 3.05) is 26.3 Å². The molecule has 0 bridgehead atoms. The van der Waals surface area contributed by atoms with Gasteiger partial charge >= 0.3 is 0 Å². The van der Waals surface area contributed by atoms with Crippen LogP contribution in [-0.2, 0) is 9.53 Å². The third-order valence-electron chi connectivity index (χ3n) is 5.19. The van der Waals surface area contributed by atoms with Crippen molar-refractivity contribution < 1.29 is 23.5 Å². The van der Waals surface area contributed by atoms with E-state index in [1.807, 2.05) is 6.92 Å². The van der Waals surface area contributed by atoms with Gasteiger partial charge in [-0.1, -0.05) is 0 Å². The number of carbonyl (C=O) groups is 2. The predicted molar refractivity (Wildman–Crippen MR) is 111 cm³/mol. The highest BCUT2D eigenvalue weighted by Crippen LogP contribution is 2.26. The van der Waals surface area contributed by atoms with Crippen LogP contribution in [0.4, 0.5) is 4.39 Å². The summed E-state index contributed by atoms with van der Waals surface area (Å²) < 4.78 is 24.8. The largest absolute Gasteiger partial charge is 0.490 e. The standard InChI is InChI=1S/C22H23FN4O4/c1-14-25-18-7-2-15(10-19(18)26-14)21(29)27-8-9-31-22(12-27,11-20(24)28)13-30-17-5-3-16(23)4-6-17/h2-7,10H,8-9,11-13H2,1H3,(H2,24,28)(H,25,26). The minimum absolute atomic E-state index is 0.00979. The van der Waals surface area contributed by atoms with Crippen LogP contribution in [0.2, 0.25) is 0 Å². The molecular formula is C22H23FN4O4. The first-order valence-electron chi connectivity index (χ1n) is 9.90. The summed E-state index contributed by atoms with van der Waals surface area (Å²) in [6.07, 6.45) is -0.114. The maximum Gasteiger partial charge on any atom is 0.254 e. The van der Waals surface area contributed by atoms with Gasteiger partial charge in [-0.2, -0.15) is 0 Å². The zero-order chi connectivity index (χ0) is 22.0. The van der Waals surface area contributed by atoms with Gasteiger partial charge in [0.05, 0.1) is 30.6 Å². The molecule has 2 amide bonds. The lowest BCUT2D eigenvalue weighted by atomic mass is 9.97. The number of nitrogens with zero attached hydrogens (tertiary/aromatic N) is 2. The first-order valence-corrected chi connectivity index (χ1v) is 9.90. The van der Waals surface area contributed by atoms with Crippen LogP contribution in [0.3, 0.4) is 0 Å². The number of carbonyl (C=O) groups excluding carboxylic acids is 2. The van der Waals surface area contributed by atoms with Crippen molar-refractivity contribution in [3.8, 4) is 5.75 Å². The Morgan fingerprint density at radius 1 is 1.29 bits per heavy atom. The van der Waals surface area contributed by atoms with Gasteiger partial charge in [-0.3, -0.25) is 9.59 Å². The number of fused-ring (bicyclic) bond motifs is 1. The van der Waals surface area contributed by atoms with Crippen molar-refractivity contribution in [1.82, 2.24) is 14.9 Å². The number of rotatable bonds is 6. The van der Waals surface area contributed by atoms with Crippen LogP contribution in [0.5, 0.6) is 5.75 Å². The average Bonchev–Trinajstić information content (AvgIpc) is 3.11. The third-order valence-corrected chi connectivity index (χ3v) is 5.19. The summed E-state index contributed by atoms with van der Waals surface area (Å²) in [5.74, 6) is 0.0653. The molecule has 1 saturated heterocycles. The molecular weight excluding hydrogens is 403 g/mol. The van der Waals surface area contributed by atoms with Crippen LogP contribution >= 0.6 is 0 Å². The molecule has 0 radical (unpaired) electrons. The van der Waals surface area contributed by atoms with Gasteiger partial charge in [0.25, 0.3) is 5.91 Å². The van der Waals surface area contributed by atoms with E-state index in [-0.39, 0.29) is 37.9 Å². The maximum absolute atomic E-state index is 13.2. The van der Waals surface area contributed by atoms with Crippen LogP contribution in [0.1, 0.15) is 22.6 Å². The minimum Gasteiger partial charge on any atom is -0.490 e. The summed E-state index contributed by atoms with van der Waals surface area (Å²) in [4.78, 5) is 34.0. The van der Waals surface area contributed by atoms with Crippen molar-refractivity contribution in [3.63, 3.8) is 0 Å². The number of nitrogens with one attached hydrogen (secondary N) is 1. The Morgan fingerprint density at radius 2 is 2.06 bits per heavy atom. The molecule has 8 nitrogen and oxygen atoms in total. The van der Waals surface area contributed by atoms with E-state index in [9.17, 15) is 14.0 Å². The molecule has 3 aromatic rings. The molecule has 1 aliphatic rings. The monoisotopic (exact) mass is 426 g/mol. The number of ether oxygens (including phenoxy) is 2. The minimum atomic E-state index is -1.09. The van der Waals surface area contributed by atoms with Crippen molar-refractivity contribution >= 4 is 22.8 Å². The third kappa shape index (κ3) is 4.66.